The van der Waals surface area contributed by atoms with E-state index in [1.54, 1.807) is 0 Å². The van der Waals surface area contributed by atoms with Crippen molar-refractivity contribution < 1.29 is 19.2 Å². The normalized spacial score (nSPS) is 12.0. The summed E-state index contributed by atoms with van der Waals surface area (Å²) in [6, 6.07) is 14.3. The van der Waals surface area contributed by atoms with Gasteiger partial charge in [0.2, 0.25) is 5.91 Å². The van der Waals surface area contributed by atoms with E-state index in [0.29, 0.717) is 18.7 Å². The number of nitrogens with zero attached hydrogens (tertiary/aromatic N) is 2. The Kier molecular flexibility index (Phi) is 8.40. The minimum Gasteiger partial charge on any atom is -0.480 e. The maximum atomic E-state index is 12.9. The number of rotatable bonds is 11. The Labute approximate surface area is 198 Å². The first-order valence-electron chi connectivity index (χ1n) is 11.6. The summed E-state index contributed by atoms with van der Waals surface area (Å²) in [4.78, 5) is 40.4. The molecular formula is C26H31N3O5. The Hall–Kier alpha value is -3.68. The zero-order valence-corrected chi connectivity index (χ0v) is 19.8. The Morgan fingerprint density at radius 3 is 2.32 bits per heavy atom. The van der Waals surface area contributed by atoms with Gasteiger partial charge in [0.05, 0.1) is 0 Å². The molecule has 0 saturated carbocycles. The fourth-order valence-electron chi connectivity index (χ4n) is 3.93. The summed E-state index contributed by atoms with van der Waals surface area (Å²) < 4.78 is 4.65. The summed E-state index contributed by atoms with van der Waals surface area (Å²) >= 11 is 0. The highest BCUT2D eigenvalue weighted by Gasteiger charge is 2.30. The van der Waals surface area contributed by atoms with Crippen LogP contribution < -0.4 is 5.76 Å². The Balaban J connectivity index is 1.88. The minimum atomic E-state index is -0.981. The molecule has 0 aliphatic carbocycles. The van der Waals surface area contributed by atoms with Gasteiger partial charge in [0.1, 0.15) is 6.04 Å². The van der Waals surface area contributed by atoms with E-state index in [-0.39, 0.29) is 18.4 Å². The zero-order chi connectivity index (χ0) is 24.7. The standard InChI is InChI=1S/C26H31N3O5/c1-4-5-10-23(30)29(22(25(31)32)15-17(2)3)16-18-11-13-19(14-12-18)20-8-6-7-9-21(20)24-27-26(33)34-28-24/h6-9,11-14,17,22H,4-5,10,15-16H2,1-3H3,(H,31,32)(H,27,28,33)/t22-/m0/s1. The molecule has 8 nitrogen and oxygen atoms in total. The number of aromatic nitrogens is 2. The van der Waals surface area contributed by atoms with Gasteiger partial charge in [0, 0.05) is 18.5 Å². The molecule has 34 heavy (non-hydrogen) atoms. The van der Waals surface area contributed by atoms with Gasteiger partial charge in [-0.3, -0.25) is 14.3 Å². The van der Waals surface area contributed by atoms with Gasteiger partial charge in [-0.05, 0) is 35.4 Å². The molecule has 180 valence electrons. The van der Waals surface area contributed by atoms with Crippen molar-refractivity contribution in [3.8, 4) is 22.5 Å². The van der Waals surface area contributed by atoms with Gasteiger partial charge in [-0.25, -0.2) is 9.59 Å². The van der Waals surface area contributed by atoms with Crippen LogP contribution >= 0.6 is 0 Å². The van der Waals surface area contributed by atoms with Crippen LogP contribution in [0.3, 0.4) is 0 Å². The smallest absolute Gasteiger partial charge is 0.439 e. The number of aliphatic carboxylic acids is 1. The molecule has 0 saturated heterocycles. The number of H-pyrrole nitrogens is 1. The van der Waals surface area contributed by atoms with Gasteiger partial charge in [0.25, 0.3) is 0 Å². The highest BCUT2D eigenvalue weighted by atomic mass is 16.5. The van der Waals surface area contributed by atoms with Crippen molar-refractivity contribution in [2.75, 3.05) is 0 Å². The number of benzene rings is 2. The molecule has 1 heterocycles. The lowest BCUT2D eigenvalue weighted by Gasteiger charge is -2.30. The number of hydrogen-bond acceptors (Lipinski definition) is 5. The average molecular weight is 466 g/mol. The van der Waals surface area contributed by atoms with E-state index < -0.39 is 17.8 Å². The van der Waals surface area contributed by atoms with Gasteiger partial charge in [-0.15, -0.1) is 0 Å². The number of carbonyl (C=O) groups is 2. The molecule has 2 aromatic carbocycles. The van der Waals surface area contributed by atoms with Crippen molar-refractivity contribution >= 4 is 11.9 Å². The second kappa shape index (κ2) is 11.4. The summed E-state index contributed by atoms with van der Waals surface area (Å²) in [5.74, 6) is -1.26. The van der Waals surface area contributed by atoms with Crippen LogP contribution in [0.4, 0.5) is 0 Å². The Morgan fingerprint density at radius 1 is 1.09 bits per heavy atom. The fourth-order valence-corrected chi connectivity index (χ4v) is 3.93. The first kappa shape index (κ1) is 25.0. The molecule has 0 radical (unpaired) electrons. The number of aromatic amines is 1. The van der Waals surface area contributed by atoms with Crippen LogP contribution in [0.15, 0.2) is 57.8 Å². The molecule has 3 aromatic rings. The van der Waals surface area contributed by atoms with Crippen LogP contribution in [-0.2, 0) is 16.1 Å². The molecule has 0 bridgehead atoms. The highest BCUT2D eigenvalue weighted by molar-refractivity contribution is 5.84. The lowest BCUT2D eigenvalue weighted by Crippen LogP contribution is -2.45. The van der Waals surface area contributed by atoms with Gasteiger partial charge in [-0.2, -0.15) is 0 Å². The van der Waals surface area contributed by atoms with Crippen LogP contribution in [0.5, 0.6) is 0 Å². The van der Waals surface area contributed by atoms with Crippen LogP contribution in [0.1, 0.15) is 52.0 Å². The summed E-state index contributed by atoms with van der Waals surface area (Å²) in [6.45, 7) is 6.15. The minimum absolute atomic E-state index is 0.140. The molecule has 3 rings (SSSR count). The topological polar surface area (TPSA) is 117 Å². The number of amides is 1. The molecule has 1 atom stereocenters. The van der Waals surface area contributed by atoms with Gasteiger partial charge in [0.15, 0.2) is 5.82 Å². The molecule has 0 spiro atoms. The van der Waals surface area contributed by atoms with E-state index in [2.05, 4.69) is 14.7 Å². The summed E-state index contributed by atoms with van der Waals surface area (Å²) in [5.41, 5.74) is 3.32. The van der Waals surface area contributed by atoms with Crippen molar-refractivity contribution in [3.63, 3.8) is 0 Å². The molecule has 0 aliphatic rings. The Bertz CT molecular complexity index is 1160. The first-order valence-corrected chi connectivity index (χ1v) is 11.6. The molecule has 0 unspecified atom stereocenters. The van der Waals surface area contributed by atoms with Crippen molar-refractivity contribution in [3.05, 3.63) is 64.6 Å². The molecule has 0 fully saturated rings. The lowest BCUT2D eigenvalue weighted by molar-refractivity contribution is -0.151. The van der Waals surface area contributed by atoms with E-state index in [9.17, 15) is 19.5 Å². The van der Waals surface area contributed by atoms with E-state index in [4.69, 9.17) is 0 Å². The second-order valence-corrected chi connectivity index (χ2v) is 8.79. The van der Waals surface area contributed by atoms with Gasteiger partial charge in [-0.1, -0.05) is 80.9 Å². The summed E-state index contributed by atoms with van der Waals surface area (Å²) in [6.07, 6.45) is 2.32. The zero-order valence-electron chi connectivity index (χ0n) is 19.8. The monoisotopic (exact) mass is 465 g/mol. The van der Waals surface area contributed by atoms with Gasteiger partial charge >= 0.3 is 11.7 Å². The van der Waals surface area contributed by atoms with E-state index in [1.807, 2.05) is 69.3 Å². The third kappa shape index (κ3) is 6.21. The third-order valence-electron chi connectivity index (χ3n) is 5.66. The number of carbonyl (C=O) groups excluding carboxylic acids is 1. The van der Waals surface area contributed by atoms with Gasteiger partial charge < -0.3 is 10.0 Å². The Morgan fingerprint density at radius 2 is 1.76 bits per heavy atom. The van der Waals surface area contributed by atoms with E-state index >= 15 is 0 Å². The number of unbranched alkanes of at least 4 members (excludes halogenated alkanes) is 1. The number of nitrogens with one attached hydrogen (secondary N) is 1. The quantitative estimate of drug-likeness (QED) is 0.423. The maximum Gasteiger partial charge on any atom is 0.439 e. The maximum absolute atomic E-state index is 12.9. The number of carboxylic acids is 1. The van der Waals surface area contributed by atoms with Crippen molar-refractivity contribution in [2.24, 2.45) is 5.92 Å². The number of hydrogen-bond donors (Lipinski definition) is 2. The van der Waals surface area contributed by atoms with Crippen molar-refractivity contribution in [2.45, 2.75) is 59.0 Å². The van der Waals surface area contributed by atoms with Crippen molar-refractivity contribution in [1.82, 2.24) is 15.0 Å². The predicted octanol–water partition coefficient (Wildman–Crippen LogP) is 4.72. The SMILES string of the molecule is CCCCC(=O)N(Cc1ccc(-c2ccccc2-c2noc(=O)[nH]2)cc1)[C@@H](CC(C)C)C(=O)O. The molecule has 1 aromatic heterocycles. The molecular weight excluding hydrogens is 434 g/mol. The first-order chi connectivity index (χ1) is 16.3. The van der Waals surface area contributed by atoms with Crippen LogP contribution in [0.2, 0.25) is 0 Å². The van der Waals surface area contributed by atoms with Crippen LogP contribution in [0.25, 0.3) is 22.5 Å². The predicted molar refractivity (Wildman–Crippen MR) is 129 cm³/mol. The summed E-state index contributed by atoms with van der Waals surface area (Å²) in [7, 11) is 0. The molecule has 8 heteroatoms. The van der Waals surface area contributed by atoms with Crippen molar-refractivity contribution in [1.29, 1.82) is 0 Å². The second-order valence-electron chi connectivity index (χ2n) is 8.79. The molecule has 2 N–H and O–H groups in total. The van der Waals surface area contributed by atoms with Crippen LogP contribution in [0, 0.1) is 5.92 Å². The average Bonchev–Trinajstić information content (AvgIpc) is 3.26. The van der Waals surface area contributed by atoms with E-state index in [0.717, 1.165) is 35.1 Å². The summed E-state index contributed by atoms with van der Waals surface area (Å²) in [5, 5.41) is 13.6. The van der Waals surface area contributed by atoms with E-state index in [1.165, 1.54) is 4.90 Å². The lowest BCUT2D eigenvalue weighted by atomic mass is 9.97. The molecule has 1 amide bonds. The largest absolute Gasteiger partial charge is 0.480 e. The molecule has 0 aliphatic heterocycles. The fraction of sp³-hybridized carbons (Fsp3) is 0.385. The van der Waals surface area contributed by atoms with Crippen LogP contribution in [-0.4, -0.2) is 38.1 Å². The number of carboxylic acid groups (broad SMARTS) is 1. The third-order valence-corrected chi connectivity index (χ3v) is 5.66. The highest BCUT2D eigenvalue weighted by Crippen LogP contribution is 2.30.